The fourth-order valence-corrected chi connectivity index (χ4v) is 5.79. The van der Waals surface area contributed by atoms with E-state index >= 15 is 0 Å². The van der Waals surface area contributed by atoms with Crippen molar-refractivity contribution in [2.24, 2.45) is 11.8 Å². The topological polar surface area (TPSA) is 17.1 Å². The van der Waals surface area contributed by atoms with Gasteiger partial charge in [-0.1, -0.05) is 32.9 Å². The molecular weight excluding hydrogens is 328 g/mol. The summed E-state index contributed by atoms with van der Waals surface area (Å²) in [4.78, 5) is 13.3. The molecule has 0 spiro atoms. The average molecular weight is 363 g/mol. The number of benzene rings is 1. The molecule has 0 amide bonds. The summed E-state index contributed by atoms with van der Waals surface area (Å²) in [5.41, 5.74) is 8.59. The Morgan fingerprint density at radius 1 is 1.15 bits per heavy atom. The Bertz CT molecular complexity index is 821. The Morgan fingerprint density at radius 3 is 2.44 bits per heavy atom. The number of allylic oxidation sites excluding steroid dienone is 3. The fourth-order valence-electron chi connectivity index (χ4n) is 5.79. The third-order valence-electron chi connectivity index (χ3n) is 7.36. The van der Waals surface area contributed by atoms with Crippen LogP contribution in [0.4, 0.5) is 0 Å². The van der Waals surface area contributed by atoms with Gasteiger partial charge >= 0.3 is 0 Å². The van der Waals surface area contributed by atoms with E-state index in [1.54, 1.807) is 5.56 Å². The molecule has 1 aromatic carbocycles. The quantitative estimate of drug-likeness (QED) is 0.549. The molecule has 0 N–H and O–H groups in total. The van der Waals surface area contributed by atoms with E-state index in [0.717, 1.165) is 35.0 Å². The molecule has 2 fully saturated rings. The van der Waals surface area contributed by atoms with E-state index in [-0.39, 0.29) is 5.78 Å². The van der Waals surface area contributed by atoms with Crippen LogP contribution < -0.4 is 0 Å². The first kappa shape index (κ1) is 18.7. The van der Waals surface area contributed by atoms with Crippen LogP contribution in [0, 0.1) is 18.8 Å². The molecular formula is C26H34O. The van der Waals surface area contributed by atoms with Crippen molar-refractivity contribution in [3.05, 3.63) is 57.7 Å². The number of aryl methyl sites for hydroxylation is 1. The van der Waals surface area contributed by atoms with Crippen LogP contribution >= 0.6 is 0 Å². The number of rotatable bonds is 5. The summed E-state index contributed by atoms with van der Waals surface area (Å²) in [6.07, 6.45) is 11.2. The molecule has 144 valence electrons. The lowest BCUT2D eigenvalue weighted by Gasteiger charge is -2.31. The van der Waals surface area contributed by atoms with Gasteiger partial charge in [-0.2, -0.15) is 0 Å². The van der Waals surface area contributed by atoms with Gasteiger partial charge in [-0.15, -0.1) is 0 Å². The van der Waals surface area contributed by atoms with E-state index in [4.69, 9.17) is 0 Å². The molecule has 0 bridgehead atoms. The summed E-state index contributed by atoms with van der Waals surface area (Å²) in [6, 6.07) is 2.23. The molecule has 1 aromatic rings. The van der Waals surface area contributed by atoms with Crippen LogP contribution in [0.15, 0.2) is 29.9 Å². The van der Waals surface area contributed by atoms with Gasteiger partial charge in [-0.3, -0.25) is 4.79 Å². The maximum Gasteiger partial charge on any atom is 0.193 e. The van der Waals surface area contributed by atoms with Crippen molar-refractivity contribution >= 4 is 5.78 Å². The van der Waals surface area contributed by atoms with Gasteiger partial charge in [0.15, 0.2) is 5.78 Å². The van der Waals surface area contributed by atoms with Crippen molar-refractivity contribution in [2.45, 2.75) is 84.5 Å². The van der Waals surface area contributed by atoms with Crippen LogP contribution in [0.3, 0.4) is 0 Å². The van der Waals surface area contributed by atoms with Crippen molar-refractivity contribution in [2.75, 3.05) is 0 Å². The lowest BCUT2D eigenvalue weighted by atomic mass is 9.72. The van der Waals surface area contributed by atoms with Crippen LogP contribution in [-0.4, -0.2) is 5.78 Å². The van der Waals surface area contributed by atoms with Crippen molar-refractivity contribution in [3.63, 3.8) is 0 Å². The van der Waals surface area contributed by atoms with Crippen molar-refractivity contribution in [3.8, 4) is 0 Å². The Labute approximate surface area is 164 Å². The Kier molecular flexibility index (Phi) is 4.91. The zero-order valence-corrected chi connectivity index (χ0v) is 17.5. The molecule has 0 saturated heterocycles. The SMILES string of the molecule is C=C(C)C1=CC(C2CC2)c2c(cc(C)c(C3CCC(CC)C3)c2CC)C1=O. The number of ketones is 1. The molecule has 0 radical (unpaired) electrons. The summed E-state index contributed by atoms with van der Waals surface area (Å²) in [5, 5.41) is 0. The Hall–Kier alpha value is -1.63. The van der Waals surface area contributed by atoms with Crippen LogP contribution in [-0.2, 0) is 6.42 Å². The minimum absolute atomic E-state index is 0.205. The monoisotopic (exact) mass is 362 g/mol. The molecule has 2 saturated carbocycles. The summed E-state index contributed by atoms with van der Waals surface area (Å²) in [6.45, 7) is 12.9. The Balaban J connectivity index is 1.87. The summed E-state index contributed by atoms with van der Waals surface area (Å²) in [7, 11) is 0. The van der Waals surface area contributed by atoms with E-state index in [2.05, 4.69) is 39.5 Å². The fraction of sp³-hybridized carbons (Fsp3) is 0.577. The molecule has 27 heavy (non-hydrogen) atoms. The van der Waals surface area contributed by atoms with Crippen LogP contribution in [0.1, 0.15) is 104 Å². The second-order valence-corrected chi connectivity index (χ2v) is 9.24. The van der Waals surface area contributed by atoms with Gasteiger partial charge in [-0.25, -0.2) is 0 Å². The van der Waals surface area contributed by atoms with E-state index < -0.39 is 0 Å². The highest BCUT2D eigenvalue weighted by Crippen LogP contribution is 2.51. The van der Waals surface area contributed by atoms with Gasteiger partial charge in [0.05, 0.1) is 0 Å². The minimum atomic E-state index is 0.205. The second kappa shape index (κ2) is 7.08. The summed E-state index contributed by atoms with van der Waals surface area (Å²) < 4.78 is 0. The van der Waals surface area contributed by atoms with Crippen LogP contribution in [0.5, 0.6) is 0 Å². The highest BCUT2D eigenvalue weighted by molar-refractivity contribution is 6.14. The standard InChI is InChI=1S/C26H34O/c1-6-17-8-9-19(13-17)24-16(5)12-23-25(20(24)7-2)22(18-10-11-18)14-21(15(3)4)26(23)27/h12,14,17-19,22H,3,6-11,13H2,1-2,4-5H3. The number of carbonyl (C=O) groups excluding carboxylic acids is 1. The summed E-state index contributed by atoms with van der Waals surface area (Å²) >= 11 is 0. The van der Waals surface area contributed by atoms with Gasteiger partial charge in [-0.05, 0) is 104 Å². The smallest absolute Gasteiger partial charge is 0.193 e. The number of carbonyl (C=O) groups is 1. The van der Waals surface area contributed by atoms with Gasteiger partial charge < -0.3 is 0 Å². The molecule has 0 aromatic heterocycles. The zero-order chi connectivity index (χ0) is 19.3. The third kappa shape index (κ3) is 3.13. The number of Topliss-reactive ketones (excluding diaryl/α,β-unsaturated/α-hetero) is 1. The minimum Gasteiger partial charge on any atom is -0.289 e. The predicted octanol–water partition coefficient (Wildman–Crippen LogP) is 7.04. The van der Waals surface area contributed by atoms with Gasteiger partial charge in [0.1, 0.15) is 0 Å². The molecule has 0 aliphatic heterocycles. The zero-order valence-electron chi connectivity index (χ0n) is 17.5. The highest BCUT2D eigenvalue weighted by atomic mass is 16.1. The average Bonchev–Trinajstić information content (AvgIpc) is 3.38. The van der Waals surface area contributed by atoms with Crippen LogP contribution in [0.25, 0.3) is 0 Å². The van der Waals surface area contributed by atoms with Crippen LogP contribution in [0.2, 0.25) is 0 Å². The summed E-state index contributed by atoms with van der Waals surface area (Å²) in [5.74, 6) is 2.92. The van der Waals surface area contributed by atoms with E-state index in [0.29, 0.717) is 11.8 Å². The maximum absolute atomic E-state index is 13.3. The molecule has 4 rings (SSSR count). The lowest BCUT2D eigenvalue weighted by Crippen LogP contribution is -2.22. The number of hydrogen-bond donors (Lipinski definition) is 0. The number of fused-ring (bicyclic) bond motifs is 1. The molecule has 1 heteroatoms. The first-order chi connectivity index (χ1) is 13.0. The van der Waals surface area contributed by atoms with Gasteiger partial charge in [0.25, 0.3) is 0 Å². The molecule has 3 aliphatic rings. The molecule has 3 aliphatic carbocycles. The number of hydrogen-bond acceptors (Lipinski definition) is 1. The van der Waals surface area contributed by atoms with Gasteiger partial charge in [0, 0.05) is 17.1 Å². The first-order valence-corrected chi connectivity index (χ1v) is 11.0. The molecule has 1 nitrogen and oxygen atoms in total. The maximum atomic E-state index is 13.3. The molecule has 3 atom stereocenters. The third-order valence-corrected chi connectivity index (χ3v) is 7.36. The van der Waals surface area contributed by atoms with Crippen molar-refractivity contribution in [1.82, 2.24) is 0 Å². The lowest BCUT2D eigenvalue weighted by molar-refractivity contribution is 0.103. The van der Waals surface area contributed by atoms with Gasteiger partial charge in [0.2, 0.25) is 0 Å². The first-order valence-electron chi connectivity index (χ1n) is 11.0. The second-order valence-electron chi connectivity index (χ2n) is 9.24. The van der Waals surface area contributed by atoms with Crippen molar-refractivity contribution in [1.29, 1.82) is 0 Å². The van der Waals surface area contributed by atoms with E-state index in [9.17, 15) is 4.79 Å². The van der Waals surface area contributed by atoms with E-state index in [1.807, 2.05) is 6.92 Å². The van der Waals surface area contributed by atoms with E-state index in [1.165, 1.54) is 55.2 Å². The highest BCUT2D eigenvalue weighted by Gasteiger charge is 2.40. The Morgan fingerprint density at radius 2 is 1.89 bits per heavy atom. The molecule has 0 heterocycles. The van der Waals surface area contributed by atoms with Crippen molar-refractivity contribution < 1.29 is 4.79 Å². The molecule has 3 unspecified atom stereocenters. The predicted molar refractivity (Wildman–Crippen MR) is 114 cm³/mol. The normalized spacial score (nSPS) is 27.5. The largest absolute Gasteiger partial charge is 0.289 e.